The Kier molecular flexibility index (Phi) is 3.01. The Bertz CT molecular complexity index is 693. The molecule has 0 aliphatic rings. The largest absolute Gasteiger partial charge is 0.243 e. The molecule has 0 saturated heterocycles. The molecule has 0 bridgehead atoms. The molecule has 0 fully saturated rings. The number of nitrogens with zero attached hydrogens (tertiary/aromatic N) is 4. The molecule has 3 rings (SSSR count). The van der Waals surface area contributed by atoms with Crippen LogP contribution in [0.25, 0.3) is 11.0 Å². The van der Waals surface area contributed by atoms with E-state index in [2.05, 4.69) is 31.0 Å². The van der Waals surface area contributed by atoms with E-state index in [0.717, 1.165) is 21.1 Å². The van der Waals surface area contributed by atoms with Crippen molar-refractivity contribution in [2.45, 2.75) is 6.54 Å². The van der Waals surface area contributed by atoms with Gasteiger partial charge in [0.15, 0.2) is 5.65 Å². The number of benzene rings is 1. The molecule has 3 aromatic rings. The molecule has 4 nitrogen and oxygen atoms in total. The molecule has 2 heterocycles. The fourth-order valence-corrected chi connectivity index (χ4v) is 2.18. The van der Waals surface area contributed by atoms with Gasteiger partial charge in [-0.25, -0.2) is 14.6 Å². The highest BCUT2D eigenvalue weighted by Gasteiger charge is 2.08. The summed E-state index contributed by atoms with van der Waals surface area (Å²) in [4.78, 5) is 8.15. The third-order valence-corrected chi connectivity index (χ3v) is 3.46. The number of halogens is 2. The highest BCUT2D eigenvalue weighted by atomic mass is 79.9. The predicted octanol–water partition coefficient (Wildman–Crippen LogP) is 3.29. The molecule has 90 valence electrons. The van der Waals surface area contributed by atoms with E-state index < -0.39 is 0 Å². The summed E-state index contributed by atoms with van der Waals surface area (Å²) in [5.74, 6) is 0. The molecule has 18 heavy (non-hydrogen) atoms. The van der Waals surface area contributed by atoms with Crippen LogP contribution in [0.5, 0.6) is 0 Å². The first kappa shape index (κ1) is 11.6. The van der Waals surface area contributed by atoms with E-state index >= 15 is 0 Å². The van der Waals surface area contributed by atoms with Gasteiger partial charge < -0.3 is 0 Å². The van der Waals surface area contributed by atoms with Crippen LogP contribution in [0, 0.1) is 0 Å². The maximum Gasteiger partial charge on any atom is 0.162 e. The Morgan fingerprint density at radius 1 is 1.17 bits per heavy atom. The van der Waals surface area contributed by atoms with Crippen LogP contribution in [0.3, 0.4) is 0 Å². The van der Waals surface area contributed by atoms with Crippen molar-refractivity contribution >= 4 is 38.6 Å². The van der Waals surface area contributed by atoms with E-state index in [-0.39, 0.29) is 0 Å². The zero-order valence-electron chi connectivity index (χ0n) is 9.22. The van der Waals surface area contributed by atoms with E-state index in [9.17, 15) is 0 Å². The summed E-state index contributed by atoms with van der Waals surface area (Å²) in [6.45, 7) is 0.657. The lowest BCUT2D eigenvalue weighted by Crippen LogP contribution is -2.02. The van der Waals surface area contributed by atoms with E-state index in [0.29, 0.717) is 11.7 Å². The summed E-state index contributed by atoms with van der Waals surface area (Å²) in [6, 6.07) is 8.09. The standard InChI is InChI=1S/C12H8BrClN4/c13-9-3-1-8(2-4-9)6-18-12-10(5-17-18)11(14)15-7-16-12/h1-5,7H,6H2. The smallest absolute Gasteiger partial charge is 0.162 e. The molecule has 0 saturated carbocycles. The maximum absolute atomic E-state index is 5.98. The second kappa shape index (κ2) is 4.66. The van der Waals surface area contributed by atoms with Crippen LogP contribution in [0.2, 0.25) is 5.15 Å². The molecule has 0 N–H and O–H groups in total. The summed E-state index contributed by atoms with van der Waals surface area (Å²) in [5.41, 5.74) is 1.90. The maximum atomic E-state index is 5.98. The van der Waals surface area contributed by atoms with Gasteiger partial charge >= 0.3 is 0 Å². The summed E-state index contributed by atoms with van der Waals surface area (Å²) >= 11 is 9.40. The van der Waals surface area contributed by atoms with Crippen molar-refractivity contribution in [2.75, 3.05) is 0 Å². The Morgan fingerprint density at radius 2 is 1.94 bits per heavy atom. The molecule has 0 unspecified atom stereocenters. The highest BCUT2D eigenvalue weighted by molar-refractivity contribution is 9.10. The van der Waals surface area contributed by atoms with Crippen LogP contribution in [-0.4, -0.2) is 19.7 Å². The SMILES string of the molecule is Clc1ncnc2c1cnn2Cc1ccc(Br)cc1. The lowest BCUT2D eigenvalue weighted by molar-refractivity contribution is 0.703. The van der Waals surface area contributed by atoms with Gasteiger partial charge in [-0.2, -0.15) is 5.10 Å². The first-order valence-electron chi connectivity index (χ1n) is 5.30. The molecule has 0 spiro atoms. The van der Waals surface area contributed by atoms with E-state index in [1.807, 2.05) is 28.9 Å². The van der Waals surface area contributed by atoms with E-state index in [1.165, 1.54) is 6.33 Å². The monoisotopic (exact) mass is 322 g/mol. The molecule has 0 aliphatic carbocycles. The third-order valence-electron chi connectivity index (χ3n) is 2.63. The van der Waals surface area contributed by atoms with Crippen LogP contribution in [0.1, 0.15) is 5.56 Å². The summed E-state index contributed by atoms with van der Waals surface area (Å²) < 4.78 is 2.87. The van der Waals surface area contributed by atoms with Crippen molar-refractivity contribution in [3.05, 3.63) is 52.0 Å². The topological polar surface area (TPSA) is 43.6 Å². The molecule has 0 radical (unpaired) electrons. The second-order valence-electron chi connectivity index (χ2n) is 3.83. The zero-order valence-corrected chi connectivity index (χ0v) is 11.6. The van der Waals surface area contributed by atoms with Crippen molar-refractivity contribution in [1.82, 2.24) is 19.7 Å². The van der Waals surface area contributed by atoms with Gasteiger partial charge in [0, 0.05) is 4.47 Å². The highest BCUT2D eigenvalue weighted by Crippen LogP contribution is 2.19. The number of hydrogen-bond acceptors (Lipinski definition) is 3. The van der Waals surface area contributed by atoms with Gasteiger partial charge in [-0.1, -0.05) is 39.7 Å². The molecule has 0 aliphatic heterocycles. The van der Waals surface area contributed by atoms with Crippen LogP contribution < -0.4 is 0 Å². The van der Waals surface area contributed by atoms with Crippen molar-refractivity contribution in [3.8, 4) is 0 Å². The van der Waals surface area contributed by atoms with Gasteiger partial charge in [0.05, 0.1) is 18.1 Å². The fourth-order valence-electron chi connectivity index (χ4n) is 1.74. The summed E-state index contributed by atoms with van der Waals surface area (Å²) in [5, 5.41) is 5.50. The van der Waals surface area contributed by atoms with E-state index in [4.69, 9.17) is 11.6 Å². The lowest BCUT2D eigenvalue weighted by Gasteiger charge is -2.03. The van der Waals surface area contributed by atoms with Gasteiger partial charge in [0.1, 0.15) is 11.5 Å². The Hall–Kier alpha value is -1.46. The van der Waals surface area contributed by atoms with Gasteiger partial charge in [-0.3, -0.25) is 0 Å². The van der Waals surface area contributed by atoms with Crippen molar-refractivity contribution in [3.63, 3.8) is 0 Å². The molecule has 6 heteroatoms. The van der Waals surface area contributed by atoms with Crippen molar-refractivity contribution in [2.24, 2.45) is 0 Å². The minimum atomic E-state index is 0.432. The van der Waals surface area contributed by atoms with Gasteiger partial charge in [0.25, 0.3) is 0 Å². The van der Waals surface area contributed by atoms with Crippen molar-refractivity contribution in [1.29, 1.82) is 0 Å². The number of rotatable bonds is 2. The average Bonchev–Trinajstić information content (AvgIpc) is 2.77. The number of fused-ring (bicyclic) bond motifs is 1. The first-order chi connectivity index (χ1) is 8.74. The normalized spacial score (nSPS) is 11.0. The Balaban J connectivity index is 2.00. The van der Waals surface area contributed by atoms with Crippen LogP contribution in [-0.2, 0) is 6.54 Å². The first-order valence-corrected chi connectivity index (χ1v) is 6.47. The number of aromatic nitrogens is 4. The second-order valence-corrected chi connectivity index (χ2v) is 5.10. The van der Waals surface area contributed by atoms with Crippen LogP contribution in [0.4, 0.5) is 0 Å². The minimum Gasteiger partial charge on any atom is -0.243 e. The molecule has 0 amide bonds. The molecule has 2 aromatic heterocycles. The van der Waals surface area contributed by atoms with Gasteiger partial charge in [-0.15, -0.1) is 0 Å². The van der Waals surface area contributed by atoms with Crippen LogP contribution >= 0.6 is 27.5 Å². The molecule has 0 atom stereocenters. The third kappa shape index (κ3) is 2.11. The molecular weight excluding hydrogens is 316 g/mol. The Labute approximate surface area is 117 Å². The zero-order chi connectivity index (χ0) is 12.5. The van der Waals surface area contributed by atoms with Gasteiger partial charge in [0.2, 0.25) is 0 Å². The predicted molar refractivity (Wildman–Crippen MR) is 73.6 cm³/mol. The Morgan fingerprint density at radius 3 is 2.72 bits per heavy atom. The van der Waals surface area contributed by atoms with E-state index in [1.54, 1.807) is 6.20 Å². The number of hydrogen-bond donors (Lipinski definition) is 0. The quantitative estimate of drug-likeness (QED) is 0.680. The lowest BCUT2D eigenvalue weighted by atomic mass is 10.2. The summed E-state index contributed by atoms with van der Waals surface area (Å²) in [7, 11) is 0. The average molecular weight is 324 g/mol. The molecule has 1 aromatic carbocycles. The molecular formula is C12H8BrClN4. The van der Waals surface area contributed by atoms with Crippen LogP contribution in [0.15, 0.2) is 41.3 Å². The minimum absolute atomic E-state index is 0.432. The summed E-state index contributed by atoms with van der Waals surface area (Å²) in [6.07, 6.45) is 3.14. The van der Waals surface area contributed by atoms with Crippen molar-refractivity contribution < 1.29 is 0 Å². The fraction of sp³-hybridized carbons (Fsp3) is 0.0833. The van der Waals surface area contributed by atoms with Gasteiger partial charge in [-0.05, 0) is 17.7 Å².